The normalized spacial score (nSPS) is 41.1. The number of hydrogen-bond donors (Lipinski definition) is 1. The second kappa shape index (κ2) is 4.51. The van der Waals surface area contributed by atoms with Gasteiger partial charge in [0.15, 0.2) is 9.84 Å². The molecule has 4 atom stereocenters. The number of nitrogens with one attached hydrogen (secondary N) is 1. The van der Waals surface area contributed by atoms with Gasteiger partial charge in [0, 0.05) is 12.5 Å². The average Bonchev–Trinajstić information content (AvgIpc) is 2.93. The minimum Gasteiger partial charge on any atom is -0.352 e. The highest BCUT2D eigenvalue weighted by molar-refractivity contribution is 7.91. The Hall–Kier alpha value is -0.580. The van der Waals surface area contributed by atoms with E-state index in [-0.39, 0.29) is 23.5 Å². The van der Waals surface area contributed by atoms with E-state index in [4.69, 9.17) is 0 Å². The summed E-state index contributed by atoms with van der Waals surface area (Å²) < 4.78 is 22.6. The van der Waals surface area contributed by atoms with Gasteiger partial charge in [-0.1, -0.05) is 6.42 Å². The molecule has 5 heteroatoms. The van der Waals surface area contributed by atoms with E-state index >= 15 is 0 Å². The molecule has 1 heterocycles. The van der Waals surface area contributed by atoms with Crippen LogP contribution in [-0.2, 0) is 14.6 Å². The first-order chi connectivity index (χ1) is 8.52. The minimum absolute atomic E-state index is 0.0645. The molecule has 2 bridgehead atoms. The molecule has 0 aromatic carbocycles. The van der Waals surface area contributed by atoms with Crippen LogP contribution in [0.25, 0.3) is 0 Å². The van der Waals surface area contributed by atoms with Crippen molar-refractivity contribution in [1.82, 2.24) is 5.32 Å². The summed E-state index contributed by atoms with van der Waals surface area (Å²) in [5.74, 6) is 2.60. The molecule has 0 spiro atoms. The average molecular weight is 271 g/mol. The summed E-state index contributed by atoms with van der Waals surface area (Å²) in [5.41, 5.74) is 0. The van der Waals surface area contributed by atoms with Crippen LogP contribution < -0.4 is 5.32 Å². The van der Waals surface area contributed by atoms with Gasteiger partial charge in [-0.2, -0.15) is 0 Å². The Bertz CT molecular complexity index is 445. The van der Waals surface area contributed by atoms with E-state index in [9.17, 15) is 13.2 Å². The van der Waals surface area contributed by atoms with Gasteiger partial charge < -0.3 is 5.32 Å². The van der Waals surface area contributed by atoms with E-state index < -0.39 is 9.84 Å². The van der Waals surface area contributed by atoms with Crippen molar-refractivity contribution in [2.75, 3.05) is 11.5 Å². The van der Waals surface area contributed by atoms with Gasteiger partial charge in [-0.05, 0) is 43.4 Å². The first-order valence-corrected chi connectivity index (χ1v) is 8.84. The van der Waals surface area contributed by atoms with Gasteiger partial charge in [0.05, 0.1) is 11.5 Å². The molecule has 4 unspecified atom stereocenters. The third kappa shape index (κ3) is 2.56. The lowest BCUT2D eigenvalue weighted by atomic mass is 9.86. The van der Waals surface area contributed by atoms with Crippen molar-refractivity contribution in [2.24, 2.45) is 17.8 Å². The molecule has 3 aliphatic rings. The number of hydrogen-bond acceptors (Lipinski definition) is 3. The van der Waals surface area contributed by atoms with E-state index in [2.05, 4.69) is 5.32 Å². The molecule has 18 heavy (non-hydrogen) atoms. The van der Waals surface area contributed by atoms with Gasteiger partial charge in [-0.3, -0.25) is 4.79 Å². The Morgan fingerprint density at radius 2 is 2.00 bits per heavy atom. The molecular weight excluding hydrogens is 250 g/mol. The summed E-state index contributed by atoms with van der Waals surface area (Å²) in [5, 5.41) is 2.90. The van der Waals surface area contributed by atoms with Crippen LogP contribution in [0.1, 0.15) is 38.5 Å². The van der Waals surface area contributed by atoms with Crippen LogP contribution in [0.5, 0.6) is 0 Å². The predicted octanol–water partition coefficient (Wildman–Crippen LogP) is 1.12. The highest BCUT2D eigenvalue weighted by Gasteiger charge is 2.40. The third-order valence-electron chi connectivity index (χ3n) is 4.93. The lowest BCUT2D eigenvalue weighted by Gasteiger charge is -2.21. The topological polar surface area (TPSA) is 63.2 Å². The maximum absolute atomic E-state index is 11.9. The first-order valence-electron chi connectivity index (χ1n) is 7.01. The van der Waals surface area contributed by atoms with Crippen LogP contribution >= 0.6 is 0 Å². The monoisotopic (exact) mass is 271 g/mol. The summed E-state index contributed by atoms with van der Waals surface area (Å²) in [6, 6.07) is -0.138. The maximum Gasteiger partial charge on any atom is 0.220 e. The van der Waals surface area contributed by atoms with Crippen molar-refractivity contribution in [3.8, 4) is 0 Å². The van der Waals surface area contributed by atoms with E-state index in [1.165, 1.54) is 25.7 Å². The van der Waals surface area contributed by atoms with Crippen molar-refractivity contribution < 1.29 is 13.2 Å². The van der Waals surface area contributed by atoms with Gasteiger partial charge >= 0.3 is 0 Å². The SMILES string of the molecule is O=C(CC1CC2CCC1C2)NC1CCS(=O)(=O)C1. The van der Waals surface area contributed by atoms with Crippen LogP contribution in [0.4, 0.5) is 0 Å². The molecule has 0 aromatic rings. The molecule has 1 N–H and O–H groups in total. The summed E-state index contributed by atoms with van der Waals surface area (Å²) in [4.78, 5) is 11.9. The highest BCUT2D eigenvalue weighted by atomic mass is 32.2. The number of carbonyl (C=O) groups is 1. The zero-order valence-electron chi connectivity index (χ0n) is 10.6. The zero-order chi connectivity index (χ0) is 12.8. The number of fused-ring (bicyclic) bond motifs is 2. The van der Waals surface area contributed by atoms with Crippen molar-refractivity contribution in [2.45, 2.75) is 44.6 Å². The fourth-order valence-corrected chi connectivity index (χ4v) is 5.73. The lowest BCUT2D eigenvalue weighted by molar-refractivity contribution is -0.122. The number of amides is 1. The summed E-state index contributed by atoms with van der Waals surface area (Å²) in [6.07, 6.45) is 6.36. The van der Waals surface area contributed by atoms with Crippen molar-refractivity contribution in [1.29, 1.82) is 0 Å². The lowest BCUT2D eigenvalue weighted by Crippen LogP contribution is -2.37. The van der Waals surface area contributed by atoms with Gasteiger partial charge in [-0.25, -0.2) is 8.42 Å². The fourth-order valence-electron chi connectivity index (χ4n) is 4.06. The van der Waals surface area contributed by atoms with Gasteiger partial charge in [0.25, 0.3) is 0 Å². The van der Waals surface area contributed by atoms with Crippen LogP contribution in [-0.4, -0.2) is 31.9 Å². The molecule has 2 saturated carbocycles. The van der Waals surface area contributed by atoms with Crippen molar-refractivity contribution in [3.63, 3.8) is 0 Å². The number of carbonyl (C=O) groups excluding carboxylic acids is 1. The van der Waals surface area contributed by atoms with Gasteiger partial charge in [0.1, 0.15) is 0 Å². The molecular formula is C13H21NO3S. The Morgan fingerprint density at radius 3 is 2.56 bits per heavy atom. The molecule has 0 aromatic heterocycles. The molecule has 102 valence electrons. The smallest absolute Gasteiger partial charge is 0.220 e. The van der Waals surface area contributed by atoms with E-state index in [0.29, 0.717) is 18.8 Å². The Kier molecular flexibility index (Phi) is 3.12. The van der Waals surface area contributed by atoms with Crippen molar-refractivity contribution >= 4 is 15.7 Å². The van der Waals surface area contributed by atoms with Gasteiger partial charge in [0.2, 0.25) is 5.91 Å². The molecule has 1 saturated heterocycles. The van der Waals surface area contributed by atoms with Gasteiger partial charge in [-0.15, -0.1) is 0 Å². The first kappa shape index (κ1) is 12.5. The van der Waals surface area contributed by atoms with E-state index in [1.807, 2.05) is 0 Å². The largest absolute Gasteiger partial charge is 0.352 e. The van der Waals surface area contributed by atoms with Crippen LogP contribution in [0.15, 0.2) is 0 Å². The molecule has 0 radical (unpaired) electrons. The third-order valence-corrected chi connectivity index (χ3v) is 6.70. The zero-order valence-corrected chi connectivity index (χ0v) is 11.4. The Labute approximate surface area is 108 Å². The van der Waals surface area contributed by atoms with E-state index in [0.717, 1.165) is 11.8 Å². The molecule has 4 nitrogen and oxygen atoms in total. The van der Waals surface area contributed by atoms with Crippen molar-refractivity contribution in [3.05, 3.63) is 0 Å². The molecule has 2 aliphatic carbocycles. The number of rotatable bonds is 3. The van der Waals surface area contributed by atoms with Crippen LogP contribution in [0.2, 0.25) is 0 Å². The van der Waals surface area contributed by atoms with E-state index in [1.54, 1.807) is 0 Å². The minimum atomic E-state index is -2.89. The highest BCUT2D eigenvalue weighted by Crippen LogP contribution is 2.49. The molecule has 1 amide bonds. The maximum atomic E-state index is 11.9. The van der Waals surface area contributed by atoms with Crippen LogP contribution in [0, 0.1) is 17.8 Å². The second-order valence-corrected chi connectivity index (χ2v) is 8.54. The van der Waals surface area contributed by atoms with Crippen LogP contribution in [0.3, 0.4) is 0 Å². The number of sulfone groups is 1. The summed E-state index contributed by atoms with van der Waals surface area (Å²) in [7, 11) is -2.89. The molecule has 3 fully saturated rings. The fraction of sp³-hybridized carbons (Fsp3) is 0.923. The molecule has 3 rings (SSSR count). The summed E-state index contributed by atoms with van der Waals surface area (Å²) >= 11 is 0. The predicted molar refractivity (Wildman–Crippen MR) is 68.8 cm³/mol. The standard InChI is InChI=1S/C13H21NO3S/c15-13(14-12-3-4-18(16,17)8-12)7-11-6-9-1-2-10(11)5-9/h9-12H,1-8H2,(H,14,15). The summed E-state index contributed by atoms with van der Waals surface area (Å²) in [6.45, 7) is 0. The quantitative estimate of drug-likeness (QED) is 0.836. The molecule has 1 aliphatic heterocycles. The Morgan fingerprint density at radius 1 is 1.17 bits per heavy atom. The Balaban J connectivity index is 1.48. The second-order valence-electron chi connectivity index (χ2n) is 6.31.